The number of nitrogens with zero attached hydrogens (tertiary/aromatic N) is 2. The number of carbonyl (C=O) groups is 3. The Balaban J connectivity index is 1.55. The van der Waals surface area contributed by atoms with E-state index in [9.17, 15) is 19.6 Å². The predicted octanol–water partition coefficient (Wildman–Crippen LogP) is 2.05. The molecule has 0 atom stereocenters. The number of thiophene rings is 1. The monoisotopic (exact) mass is 426 g/mol. The van der Waals surface area contributed by atoms with E-state index in [2.05, 4.69) is 21.9 Å². The number of hydrazone groups is 1. The topological polar surface area (TPSA) is 141 Å². The summed E-state index contributed by atoms with van der Waals surface area (Å²) >= 11 is 1.34. The average molecular weight is 426 g/mol. The van der Waals surface area contributed by atoms with Crippen molar-refractivity contribution in [2.75, 3.05) is 11.9 Å². The fourth-order valence-corrected chi connectivity index (χ4v) is 4.18. The Kier molecular flexibility index (Phi) is 6.77. The van der Waals surface area contributed by atoms with Crippen LogP contribution in [0.25, 0.3) is 0 Å². The first-order valence-electron chi connectivity index (χ1n) is 9.11. The number of carboxylic acid groups (broad SMARTS) is 1. The molecule has 0 bridgehead atoms. The average Bonchev–Trinajstić information content (AvgIpc) is 3.09. The molecule has 1 aliphatic rings. The standard InChI is InChI=1S/C20H18N4O5S/c21-9-15-14-3-1-2-4-16(14)30-20(15)23-18(27)19(28)24-22-10-12-5-7-13(8-6-12)29-11-17(25)26/h5-8,10H,1-4,11H2,(H,23,27)(H,24,28)(H,25,26)/b22-10-. The second-order valence-corrected chi connectivity index (χ2v) is 7.54. The minimum Gasteiger partial charge on any atom is -0.482 e. The Bertz CT molecular complexity index is 1040. The zero-order valence-electron chi connectivity index (χ0n) is 15.8. The highest BCUT2D eigenvalue weighted by Crippen LogP contribution is 2.37. The summed E-state index contributed by atoms with van der Waals surface area (Å²) < 4.78 is 5.01. The van der Waals surface area contributed by atoms with E-state index in [1.54, 1.807) is 24.3 Å². The van der Waals surface area contributed by atoms with E-state index in [0.717, 1.165) is 36.1 Å². The molecular formula is C20H18N4O5S. The molecule has 1 aliphatic carbocycles. The van der Waals surface area contributed by atoms with Crippen molar-refractivity contribution in [3.63, 3.8) is 0 Å². The number of carbonyl (C=O) groups excluding carboxylic acids is 2. The van der Waals surface area contributed by atoms with E-state index in [1.165, 1.54) is 17.6 Å². The molecular weight excluding hydrogens is 408 g/mol. The number of fused-ring (bicyclic) bond motifs is 1. The summed E-state index contributed by atoms with van der Waals surface area (Å²) in [5.74, 6) is -2.56. The molecule has 1 aromatic carbocycles. The number of hydrogen-bond donors (Lipinski definition) is 3. The Hall–Kier alpha value is -3.71. The lowest BCUT2D eigenvalue weighted by atomic mass is 9.96. The minimum atomic E-state index is -1.08. The van der Waals surface area contributed by atoms with Gasteiger partial charge in [0.15, 0.2) is 6.61 Å². The molecule has 3 N–H and O–H groups in total. The van der Waals surface area contributed by atoms with Gasteiger partial charge in [-0.05, 0) is 61.1 Å². The molecule has 2 amide bonds. The number of amides is 2. The fourth-order valence-electron chi connectivity index (χ4n) is 2.94. The van der Waals surface area contributed by atoms with Gasteiger partial charge in [-0.3, -0.25) is 9.59 Å². The van der Waals surface area contributed by atoms with Gasteiger partial charge in [0.25, 0.3) is 0 Å². The van der Waals surface area contributed by atoms with E-state index in [4.69, 9.17) is 9.84 Å². The van der Waals surface area contributed by atoms with Crippen LogP contribution >= 0.6 is 11.3 Å². The lowest BCUT2D eigenvalue weighted by molar-refractivity contribution is -0.139. The van der Waals surface area contributed by atoms with Crippen LogP contribution in [-0.2, 0) is 27.2 Å². The van der Waals surface area contributed by atoms with Gasteiger partial charge in [-0.25, -0.2) is 10.2 Å². The summed E-state index contributed by atoms with van der Waals surface area (Å²) in [6.45, 7) is -0.445. The van der Waals surface area contributed by atoms with E-state index in [0.29, 0.717) is 21.9 Å². The zero-order valence-corrected chi connectivity index (χ0v) is 16.6. The second kappa shape index (κ2) is 9.67. The van der Waals surface area contributed by atoms with Crippen LogP contribution in [0.15, 0.2) is 29.4 Å². The van der Waals surface area contributed by atoms with Crippen molar-refractivity contribution < 1.29 is 24.2 Å². The van der Waals surface area contributed by atoms with E-state index in [-0.39, 0.29) is 0 Å². The van der Waals surface area contributed by atoms with Crippen molar-refractivity contribution >= 4 is 40.3 Å². The van der Waals surface area contributed by atoms with Crippen LogP contribution in [0.4, 0.5) is 5.00 Å². The Morgan fingerprint density at radius 3 is 2.63 bits per heavy atom. The van der Waals surface area contributed by atoms with Crippen molar-refractivity contribution in [2.24, 2.45) is 5.10 Å². The van der Waals surface area contributed by atoms with E-state index >= 15 is 0 Å². The first-order valence-corrected chi connectivity index (χ1v) is 9.93. The van der Waals surface area contributed by atoms with Gasteiger partial charge in [-0.2, -0.15) is 10.4 Å². The number of hydrogen-bond acceptors (Lipinski definition) is 7. The molecule has 0 aliphatic heterocycles. The van der Waals surface area contributed by atoms with Crippen LogP contribution in [0.5, 0.6) is 5.75 Å². The van der Waals surface area contributed by atoms with Gasteiger partial charge >= 0.3 is 17.8 Å². The van der Waals surface area contributed by atoms with Crippen LogP contribution in [-0.4, -0.2) is 35.7 Å². The Morgan fingerprint density at radius 1 is 1.20 bits per heavy atom. The maximum atomic E-state index is 12.1. The maximum Gasteiger partial charge on any atom is 0.341 e. The molecule has 0 radical (unpaired) electrons. The zero-order chi connectivity index (χ0) is 21.5. The smallest absolute Gasteiger partial charge is 0.341 e. The number of carboxylic acids is 1. The number of rotatable bonds is 6. The third-order valence-electron chi connectivity index (χ3n) is 4.34. The van der Waals surface area contributed by atoms with Crippen molar-refractivity contribution in [1.82, 2.24) is 5.43 Å². The van der Waals surface area contributed by atoms with Crippen molar-refractivity contribution in [1.29, 1.82) is 5.26 Å². The van der Waals surface area contributed by atoms with Gasteiger partial charge in [0, 0.05) is 4.88 Å². The van der Waals surface area contributed by atoms with Gasteiger partial charge in [-0.1, -0.05) is 0 Å². The number of nitriles is 1. The lowest BCUT2D eigenvalue weighted by Crippen LogP contribution is -2.32. The molecule has 0 unspecified atom stereocenters. The molecule has 10 heteroatoms. The van der Waals surface area contributed by atoms with Crippen molar-refractivity contribution in [3.8, 4) is 11.8 Å². The summed E-state index contributed by atoms with van der Waals surface area (Å²) in [4.78, 5) is 35.7. The van der Waals surface area contributed by atoms with Gasteiger partial charge in [0.2, 0.25) is 0 Å². The lowest BCUT2D eigenvalue weighted by Gasteiger charge is -2.09. The minimum absolute atomic E-state index is 0.380. The van der Waals surface area contributed by atoms with Crippen LogP contribution < -0.4 is 15.5 Å². The number of ether oxygens (including phenoxy) is 1. The number of benzene rings is 1. The first kappa shape index (κ1) is 21.0. The van der Waals surface area contributed by atoms with E-state index in [1.807, 2.05) is 0 Å². The number of aliphatic carboxylic acids is 1. The number of nitrogens with one attached hydrogen (secondary N) is 2. The van der Waals surface area contributed by atoms with Gasteiger partial charge in [0.1, 0.15) is 16.8 Å². The second-order valence-electron chi connectivity index (χ2n) is 6.43. The highest BCUT2D eigenvalue weighted by atomic mass is 32.1. The van der Waals surface area contributed by atoms with Crippen molar-refractivity contribution in [3.05, 3.63) is 45.8 Å². The summed E-state index contributed by atoms with van der Waals surface area (Å²) in [7, 11) is 0. The molecule has 2 aromatic rings. The largest absolute Gasteiger partial charge is 0.482 e. The molecule has 0 spiro atoms. The Morgan fingerprint density at radius 2 is 1.93 bits per heavy atom. The van der Waals surface area contributed by atoms with Crippen LogP contribution in [0.2, 0.25) is 0 Å². The van der Waals surface area contributed by atoms with Crippen molar-refractivity contribution in [2.45, 2.75) is 25.7 Å². The maximum absolute atomic E-state index is 12.1. The molecule has 3 rings (SSSR count). The summed E-state index contributed by atoms with van der Waals surface area (Å²) in [5, 5.41) is 24.6. The molecule has 0 fully saturated rings. The fraction of sp³-hybridized carbons (Fsp3) is 0.250. The van der Waals surface area contributed by atoms with Gasteiger partial charge < -0.3 is 15.2 Å². The molecule has 0 saturated heterocycles. The summed E-state index contributed by atoms with van der Waals surface area (Å²) in [5.41, 5.74) is 4.15. The first-order chi connectivity index (χ1) is 14.5. The normalized spacial score (nSPS) is 12.6. The quantitative estimate of drug-likeness (QED) is 0.367. The predicted molar refractivity (Wildman–Crippen MR) is 110 cm³/mol. The highest BCUT2D eigenvalue weighted by Gasteiger charge is 2.23. The number of aryl methyl sites for hydroxylation is 1. The molecule has 9 nitrogen and oxygen atoms in total. The molecule has 30 heavy (non-hydrogen) atoms. The highest BCUT2D eigenvalue weighted by molar-refractivity contribution is 7.16. The molecule has 154 valence electrons. The molecule has 0 saturated carbocycles. The number of anilines is 1. The van der Waals surface area contributed by atoms with Crippen LogP contribution in [0.3, 0.4) is 0 Å². The van der Waals surface area contributed by atoms with Gasteiger partial charge in [0.05, 0.1) is 11.8 Å². The third-order valence-corrected chi connectivity index (χ3v) is 5.55. The van der Waals surface area contributed by atoms with E-state index < -0.39 is 24.4 Å². The third kappa shape index (κ3) is 5.21. The summed E-state index contributed by atoms with van der Waals surface area (Å²) in [6.07, 6.45) is 5.07. The SMILES string of the molecule is N#Cc1c(NC(=O)C(=O)N/N=C\c2ccc(OCC(=O)O)cc2)sc2c1CCCC2. The Labute approximate surface area is 176 Å². The summed E-state index contributed by atoms with van der Waals surface area (Å²) in [6, 6.07) is 8.46. The van der Waals surface area contributed by atoms with Crippen LogP contribution in [0, 0.1) is 11.3 Å². The van der Waals surface area contributed by atoms with Gasteiger partial charge in [-0.15, -0.1) is 11.3 Å². The molecule has 1 aromatic heterocycles. The molecule has 1 heterocycles. The van der Waals surface area contributed by atoms with Crippen LogP contribution in [0.1, 0.15) is 34.4 Å².